The van der Waals surface area contributed by atoms with Crippen molar-refractivity contribution < 1.29 is 19.8 Å². The number of ketones is 2. The van der Waals surface area contributed by atoms with Crippen LogP contribution in [0.5, 0.6) is 11.5 Å². The van der Waals surface area contributed by atoms with Gasteiger partial charge in [-0.25, -0.2) is 0 Å². The third kappa shape index (κ3) is 5.63. The molecular formula is C19H16O4. The van der Waals surface area contributed by atoms with E-state index in [9.17, 15) is 9.59 Å². The first-order valence-electron chi connectivity index (χ1n) is 7.03. The van der Waals surface area contributed by atoms with Gasteiger partial charge in [-0.1, -0.05) is 36.4 Å². The molecule has 0 saturated carbocycles. The fourth-order valence-corrected chi connectivity index (χ4v) is 1.84. The second-order valence-electron chi connectivity index (χ2n) is 4.96. The quantitative estimate of drug-likeness (QED) is 0.634. The van der Waals surface area contributed by atoms with Gasteiger partial charge in [0.15, 0.2) is 11.6 Å². The Morgan fingerprint density at radius 1 is 0.696 bits per heavy atom. The Morgan fingerprint density at radius 2 is 1.04 bits per heavy atom. The molecule has 0 atom stereocenters. The first-order chi connectivity index (χ1) is 11.0. The predicted molar refractivity (Wildman–Crippen MR) is 88.9 cm³/mol. The van der Waals surface area contributed by atoms with Crippen molar-refractivity contribution >= 4 is 23.7 Å². The van der Waals surface area contributed by atoms with Gasteiger partial charge < -0.3 is 10.2 Å². The predicted octanol–water partition coefficient (Wildman–Crippen LogP) is 3.35. The molecule has 23 heavy (non-hydrogen) atoms. The maximum absolute atomic E-state index is 11.7. The molecule has 0 aromatic heterocycles. The van der Waals surface area contributed by atoms with Crippen molar-refractivity contribution in [1.82, 2.24) is 0 Å². The molecule has 0 heterocycles. The summed E-state index contributed by atoms with van der Waals surface area (Å²) in [6, 6.07) is 12.8. The van der Waals surface area contributed by atoms with Crippen LogP contribution < -0.4 is 0 Å². The van der Waals surface area contributed by atoms with Crippen molar-refractivity contribution in [2.75, 3.05) is 0 Å². The molecular weight excluding hydrogens is 292 g/mol. The van der Waals surface area contributed by atoms with E-state index >= 15 is 0 Å². The molecule has 2 rings (SSSR count). The van der Waals surface area contributed by atoms with Crippen molar-refractivity contribution in [1.29, 1.82) is 0 Å². The van der Waals surface area contributed by atoms with Gasteiger partial charge in [-0.2, -0.15) is 0 Å². The number of hydrogen-bond acceptors (Lipinski definition) is 4. The third-order valence-corrected chi connectivity index (χ3v) is 3.06. The summed E-state index contributed by atoms with van der Waals surface area (Å²) in [4.78, 5) is 23.5. The number of phenols is 2. The molecule has 116 valence electrons. The Labute approximate surface area is 134 Å². The van der Waals surface area contributed by atoms with Crippen LogP contribution in [0.3, 0.4) is 0 Å². The van der Waals surface area contributed by atoms with Crippen LogP contribution in [0.15, 0.2) is 60.7 Å². The van der Waals surface area contributed by atoms with E-state index in [1.165, 1.54) is 36.4 Å². The highest BCUT2D eigenvalue weighted by atomic mass is 16.3. The van der Waals surface area contributed by atoms with Crippen molar-refractivity contribution in [2.24, 2.45) is 0 Å². The number of allylic oxidation sites excluding steroid dienone is 2. The van der Waals surface area contributed by atoms with Crippen LogP contribution in [-0.4, -0.2) is 21.8 Å². The van der Waals surface area contributed by atoms with Crippen LogP contribution >= 0.6 is 0 Å². The van der Waals surface area contributed by atoms with Gasteiger partial charge >= 0.3 is 0 Å². The summed E-state index contributed by atoms with van der Waals surface area (Å²) < 4.78 is 0. The Bertz CT molecular complexity index is 672. The summed E-state index contributed by atoms with van der Waals surface area (Å²) in [5, 5.41) is 18.3. The fraction of sp³-hybridized carbons (Fsp3) is 0.0526. The van der Waals surface area contributed by atoms with Crippen LogP contribution in [0.1, 0.15) is 17.5 Å². The highest BCUT2D eigenvalue weighted by Gasteiger charge is 2.03. The minimum atomic E-state index is -0.293. The van der Waals surface area contributed by atoms with E-state index in [-0.39, 0.29) is 29.5 Å². The van der Waals surface area contributed by atoms with Gasteiger partial charge in [0.2, 0.25) is 0 Å². The Balaban J connectivity index is 1.88. The zero-order valence-corrected chi connectivity index (χ0v) is 12.3. The van der Waals surface area contributed by atoms with E-state index in [1.54, 1.807) is 36.4 Å². The average molecular weight is 308 g/mol. The standard InChI is InChI=1S/C19H16O4/c20-16-7-1-14(2-8-16)5-11-18(22)13-19(23)12-6-15-3-9-17(21)10-4-15/h1-12,20-21H,13H2/b11-5-,12-6+. The topological polar surface area (TPSA) is 74.6 Å². The molecule has 2 aromatic rings. The summed E-state index contributed by atoms with van der Waals surface area (Å²) in [7, 11) is 0. The van der Waals surface area contributed by atoms with Gasteiger partial charge in [0.25, 0.3) is 0 Å². The molecule has 2 aromatic carbocycles. The number of hydrogen-bond donors (Lipinski definition) is 2. The van der Waals surface area contributed by atoms with Crippen LogP contribution in [0.2, 0.25) is 0 Å². The van der Waals surface area contributed by atoms with E-state index in [1.807, 2.05) is 0 Å². The first-order valence-corrected chi connectivity index (χ1v) is 7.03. The molecule has 0 unspecified atom stereocenters. The maximum atomic E-state index is 11.7. The molecule has 2 N–H and O–H groups in total. The molecule has 0 saturated heterocycles. The zero-order chi connectivity index (χ0) is 16.7. The number of benzene rings is 2. The minimum Gasteiger partial charge on any atom is -0.508 e. The number of carbonyl (C=O) groups excluding carboxylic acids is 2. The molecule has 4 heteroatoms. The van der Waals surface area contributed by atoms with E-state index in [4.69, 9.17) is 10.2 Å². The van der Waals surface area contributed by atoms with E-state index in [0.717, 1.165) is 11.1 Å². The molecule has 0 amide bonds. The summed E-state index contributed by atoms with van der Waals surface area (Å²) in [5.74, 6) is -0.275. The van der Waals surface area contributed by atoms with E-state index in [0.29, 0.717) is 0 Å². The Hall–Kier alpha value is -3.14. The highest BCUT2D eigenvalue weighted by Crippen LogP contribution is 2.12. The average Bonchev–Trinajstić information content (AvgIpc) is 2.54. The number of carbonyl (C=O) groups is 2. The van der Waals surface area contributed by atoms with Crippen molar-refractivity contribution in [2.45, 2.75) is 6.42 Å². The molecule has 0 fully saturated rings. The second kappa shape index (κ2) is 7.75. The second-order valence-corrected chi connectivity index (χ2v) is 4.96. The van der Waals surface area contributed by atoms with Gasteiger partial charge in [-0.3, -0.25) is 9.59 Å². The normalized spacial score (nSPS) is 11.1. The van der Waals surface area contributed by atoms with Crippen molar-refractivity contribution in [3.8, 4) is 11.5 Å². The minimum absolute atomic E-state index is 0.156. The van der Waals surface area contributed by atoms with Crippen LogP contribution in [0.25, 0.3) is 12.2 Å². The lowest BCUT2D eigenvalue weighted by molar-refractivity contribution is -0.121. The lowest BCUT2D eigenvalue weighted by Gasteiger charge is -1.95. The molecule has 4 nitrogen and oxygen atoms in total. The monoisotopic (exact) mass is 308 g/mol. The SMILES string of the molecule is O=C(/C=C\c1ccc(O)cc1)CC(=O)/C=C/c1ccc(O)cc1. The summed E-state index contributed by atoms with van der Waals surface area (Å²) in [6.45, 7) is 0. The third-order valence-electron chi connectivity index (χ3n) is 3.06. The van der Waals surface area contributed by atoms with E-state index < -0.39 is 0 Å². The van der Waals surface area contributed by atoms with Gasteiger partial charge in [0.05, 0.1) is 6.42 Å². The van der Waals surface area contributed by atoms with Gasteiger partial charge in [-0.15, -0.1) is 0 Å². The number of aromatic hydroxyl groups is 2. The lowest BCUT2D eigenvalue weighted by atomic mass is 10.1. The highest BCUT2D eigenvalue weighted by molar-refractivity contribution is 6.10. The lowest BCUT2D eigenvalue weighted by Crippen LogP contribution is -2.01. The molecule has 0 aliphatic rings. The fourth-order valence-electron chi connectivity index (χ4n) is 1.84. The first kappa shape index (κ1) is 16.2. The van der Waals surface area contributed by atoms with Gasteiger partial charge in [-0.05, 0) is 47.5 Å². The van der Waals surface area contributed by atoms with Crippen LogP contribution in [0.4, 0.5) is 0 Å². The Kier molecular flexibility index (Phi) is 5.47. The van der Waals surface area contributed by atoms with E-state index in [2.05, 4.69) is 0 Å². The van der Waals surface area contributed by atoms with Crippen LogP contribution in [-0.2, 0) is 9.59 Å². The smallest absolute Gasteiger partial charge is 0.163 e. The number of phenolic OH excluding ortho intramolecular Hbond substituents is 2. The number of rotatable bonds is 6. The van der Waals surface area contributed by atoms with Gasteiger partial charge in [0.1, 0.15) is 11.5 Å². The maximum Gasteiger partial charge on any atom is 0.163 e. The Morgan fingerprint density at radius 3 is 1.39 bits per heavy atom. The summed E-state index contributed by atoms with van der Waals surface area (Å²) in [5.41, 5.74) is 1.53. The van der Waals surface area contributed by atoms with Crippen molar-refractivity contribution in [3.05, 3.63) is 71.8 Å². The van der Waals surface area contributed by atoms with Crippen LogP contribution in [0, 0.1) is 0 Å². The molecule has 0 radical (unpaired) electrons. The van der Waals surface area contributed by atoms with Crippen molar-refractivity contribution in [3.63, 3.8) is 0 Å². The summed E-state index contributed by atoms with van der Waals surface area (Å²) >= 11 is 0. The molecule has 0 aliphatic heterocycles. The molecule has 0 bridgehead atoms. The van der Waals surface area contributed by atoms with Gasteiger partial charge in [0, 0.05) is 0 Å². The zero-order valence-electron chi connectivity index (χ0n) is 12.3. The molecule has 0 spiro atoms. The molecule has 0 aliphatic carbocycles. The largest absolute Gasteiger partial charge is 0.508 e. The summed E-state index contributed by atoms with van der Waals surface area (Å²) in [6.07, 6.45) is 5.68.